The Morgan fingerprint density at radius 3 is 2.89 bits per heavy atom. The minimum absolute atomic E-state index is 0.110. The van der Waals surface area contributed by atoms with E-state index < -0.39 is 0 Å². The van der Waals surface area contributed by atoms with E-state index in [1.54, 1.807) is 11.3 Å². The maximum Gasteiger partial charge on any atom is 0.191 e. The molecular weight excluding hydrogens is 246 g/mol. The second-order valence-corrected chi connectivity index (χ2v) is 5.82. The summed E-state index contributed by atoms with van der Waals surface area (Å²) in [6, 6.07) is 4.13. The van der Waals surface area contributed by atoms with Gasteiger partial charge in [0.15, 0.2) is 5.96 Å². The topological polar surface area (TPSA) is 56.7 Å². The average Bonchev–Trinajstić information content (AvgIpc) is 2.99. The van der Waals surface area contributed by atoms with Crippen LogP contribution in [0.15, 0.2) is 22.5 Å². The molecule has 0 bridgehead atoms. The molecule has 1 heterocycles. The Hall–Kier alpha value is -1.07. The molecule has 1 aromatic rings. The van der Waals surface area contributed by atoms with Crippen LogP contribution in [0.5, 0.6) is 0 Å². The van der Waals surface area contributed by atoms with Crippen LogP contribution in [0.25, 0.3) is 0 Å². The number of nitrogens with zero attached hydrogens (tertiary/aromatic N) is 1. The predicted molar refractivity (Wildman–Crippen MR) is 75.9 cm³/mol. The fourth-order valence-corrected chi connectivity index (χ4v) is 2.37. The van der Waals surface area contributed by atoms with E-state index in [0.29, 0.717) is 6.54 Å². The number of aliphatic imine (C=N–C) groups is 1. The molecule has 1 fully saturated rings. The summed E-state index contributed by atoms with van der Waals surface area (Å²) in [6.45, 7) is 4.69. The van der Waals surface area contributed by atoms with Crippen molar-refractivity contribution < 1.29 is 5.11 Å². The fraction of sp³-hybridized carbons (Fsp3) is 0.615. The molecule has 0 spiro atoms. The number of thiophene rings is 1. The van der Waals surface area contributed by atoms with Gasteiger partial charge in [-0.25, -0.2) is 4.99 Å². The third-order valence-corrected chi connectivity index (χ3v) is 4.10. The molecule has 0 radical (unpaired) electrons. The molecule has 4 nitrogen and oxygen atoms in total. The van der Waals surface area contributed by atoms with Crippen LogP contribution in [-0.2, 0) is 6.54 Å². The standard InChI is InChI=1S/C13H21N3OS/c1-2-14-12(15-8-11-4-3-7-18-11)16-9-13(10-17)5-6-13/h3-4,7,17H,2,5-6,8-10H2,1H3,(H2,14,15,16). The summed E-state index contributed by atoms with van der Waals surface area (Å²) in [7, 11) is 0. The van der Waals surface area contributed by atoms with Crippen molar-refractivity contribution in [1.82, 2.24) is 10.6 Å². The third-order valence-electron chi connectivity index (χ3n) is 3.24. The first-order chi connectivity index (χ1) is 8.78. The number of hydrogen-bond acceptors (Lipinski definition) is 3. The zero-order chi connectivity index (χ0) is 12.8. The molecular formula is C13H21N3OS. The first kappa shape index (κ1) is 13.4. The zero-order valence-electron chi connectivity index (χ0n) is 10.8. The van der Waals surface area contributed by atoms with Gasteiger partial charge in [-0.1, -0.05) is 6.07 Å². The van der Waals surface area contributed by atoms with E-state index in [1.807, 2.05) is 6.07 Å². The summed E-state index contributed by atoms with van der Waals surface area (Å²) in [4.78, 5) is 5.80. The highest BCUT2D eigenvalue weighted by Gasteiger charge is 2.41. The van der Waals surface area contributed by atoms with E-state index in [1.165, 1.54) is 4.88 Å². The van der Waals surface area contributed by atoms with Crippen molar-refractivity contribution in [1.29, 1.82) is 0 Å². The Morgan fingerprint density at radius 1 is 1.50 bits per heavy atom. The lowest BCUT2D eigenvalue weighted by Crippen LogP contribution is -2.41. The van der Waals surface area contributed by atoms with Gasteiger partial charge in [-0.2, -0.15) is 0 Å². The van der Waals surface area contributed by atoms with Crippen molar-refractivity contribution in [2.24, 2.45) is 10.4 Å². The Labute approximate surface area is 112 Å². The highest BCUT2D eigenvalue weighted by Crippen LogP contribution is 2.44. The fourth-order valence-electron chi connectivity index (χ4n) is 1.74. The second-order valence-electron chi connectivity index (χ2n) is 4.79. The molecule has 0 unspecified atom stereocenters. The predicted octanol–water partition coefficient (Wildman–Crippen LogP) is 1.58. The van der Waals surface area contributed by atoms with Gasteiger partial charge in [0, 0.05) is 23.4 Å². The highest BCUT2D eigenvalue weighted by atomic mass is 32.1. The van der Waals surface area contributed by atoms with Gasteiger partial charge in [-0.15, -0.1) is 11.3 Å². The van der Waals surface area contributed by atoms with Crippen LogP contribution >= 0.6 is 11.3 Å². The number of aliphatic hydroxyl groups excluding tert-OH is 1. The molecule has 0 aliphatic heterocycles. The monoisotopic (exact) mass is 267 g/mol. The van der Waals surface area contributed by atoms with Crippen LogP contribution in [0.1, 0.15) is 24.6 Å². The molecule has 0 amide bonds. The van der Waals surface area contributed by atoms with Crippen molar-refractivity contribution >= 4 is 17.3 Å². The van der Waals surface area contributed by atoms with Gasteiger partial charge in [0.1, 0.15) is 0 Å². The molecule has 0 saturated heterocycles. The molecule has 0 aromatic carbocycles. The van der Waals surface area contributed by atoms with Gasteiger partial charge in [-0.05, 0) is 31.2 Å². The van der Waals surface area contributed by atoms with Gasteiger partial charge >= 0.3 is 0 Å². The maximum atomic E-state index is 9.28. The van der Waals surface area contributed by atoms with E-state index in [9.17, 15) is 5.11 Å². The van der Waals surface area contributed by atoms with Crippen LogP contribution in [0.4, 0.5) is 0 Å². The molecule has 3 N–H and O–H groups in total. The van der Waals surface area contributed by atoms with Gasteiger partial charge in [0.2, 0.25) is 0 Å². The normalized spacial score (nSPS) is 17.6. The van der Waals surface area contributed by atoms with E-state index in [-0.39, 0.29) is 12.0 Å². The Balaban J connectivity index is 1.84. The molecule has 2 rings (SSSR count). The van der Waals surface area contributed by atoms with Crippen LogP contribution < -0.4 is 10.6 Å². The Morgan fingerprint density at radius 2 is 2.33 bits per heavy atom. The lowest BCUT2D eigenvalue weighted by Gasteiger charge is -2.16. The van der Waals surface area contributed by atoms with E-state index in [4.69, 9.17) is 0 Å². The molecule has 18 heavy (non-hydrogen) atoms. The van der Waals surface area contributed by atoms with Gasteiger partial charge < -0.3 is 15.7 Å². The van der Waals surface area contributed by atoms with Crippen LogP contribution in [0, 0.1) is 5.41 Å². The molecule has 1 aliphatic carbocycles. The third kappa shape index (κ3) is 3.71. The van der Waals surface area contributed by atoms with E-state index in [0.717, 1.165) is 31.9 Å². The van der Waals surface area contributed by atoms with Crippen molar-refractivity contribution in [3.05, 3.63) is 22.4 Å². The largest absolute Gasteiger partial charge is 0.396 e. The zero-order valence-corrected chi connectivity index (χ0v) is 11.6. The van der Waals surface area contributed by atoms with Crippen molar-refractivity contribution in [3.8, 4) is 0 Å². The molecule has 1 saturated carbocycles. The molecule has 1 aliphatic rings. The first-order valence-electron chi connectivity index (χ1n) is 6.43. The number of hydrogen-bond donors (Lipinski definition) is 3. The van der Waals surface area contributed by atoms with Gasteiger partial charge in [0.25, 0.3) is 0 Å². The first-order valence-corrected chi connectivity index (χ1v) is 7.31. The number of guanidine groups is 1. The van der Waals surface area contributed by atoms with Crippen molar-refractivity contribution in [3.63, 3.8) is 0 Å². The molecule has 100 valence electrons. The van der Waals surface area contributed by atoms with E-state index >= 15 is 0 Å². The highest BCUT2D eigenvalue weighted by molar-refractivity contribution is 7.09. The summed E-state index contributed by atoms with van der Waals surface area (Å²) in [5.41, 5.74) is 0.110. The summed E-state index contributed by atoms with van der Waals surface area (Å²) >= 11 is 1.72. The Bertz CT molecular complexity index is 385. The summed E-state index contributed by atoms with van der Waals surface area (Å²) < 4.78 is 0. The average molecular weight is 267 g/mol. The summed E-state index contributed by atoms with van der Waals surface area (Å²) in [6.07, 6.45) is 2.22. The summed E-state index contributed by atoms with van der Waals surface area (Å²) in [5, 5.41) is 17.9. The molecule has 0 atom stereocenters. The number of nitrogens with one attached hydrogen (secondary N) is 2. The lowest BCUT2D eigenvalue weighted by molar-refractivity contribution is 0.212. The number of rotatable bonds is 6. The van der Waals surface area contributed by atoms with Crippen LogP contribution in [0.3, 0.4) is 0 Å². The van der Waals surface area contributed by atoms with Crippen molar-refractivity contribution in [2.45, 2.75) is 26.3 Å². The van der Waals surface area contributed by atoms with Crippen molar-refractivity contribution in [2.75, 3.05) is 19.7 Å². The quantitative estimate of drug-likeness (QED) is 0.542. The van der Waals surface area contributed by atoms with Gasteiger partial charge in [-0.3, -0.25) is 0 Å². The SMILES string of the molecule is CCNC(=NCc1cccs1)NCC1(CO)CC1. The number of aliphatic hydroxyl groups is 1. The molecule has 5 heteroatoms. The summed E-state index contributed by atoms with van der Waals surface area (Å²) in [5.74, 6) is 0.839. The molecule has 1 aromatic heterocycles. The lowest BCUT2D eigenvalue weighted by atomic mass is 10.1. The maximum absolute atomic E-state index is 9.28. The smallest absolute Gasteiger partial charge is 0.191 e. The minimum Gasteiger partial charge on any atom is -0.396 e. The van der Waals surface area contributed by atoms with Crippen LogP contribution in [0.2, 0.25) is 0 Å². The van der Waals surface area contributed by atoms with Crippen LogP contribution in [-0.4, -0.2) is 30.8 Å². The Kier molecular flexibility index (Phi) is 4.60. The van der Waals surface area contributed by atoms with Gasteiger partial charge in [0.05, 0.1) is 13.2 Å². The minimum atomic E-state index is 0.110. The second kappa shape index (κ2) is 6.20. The van der Waals surface area contributed by atoms with E-state index in [2.05, 4.69) is 34.0 Å².